The van der Waals surface area contributed by atoms with Gasteiger partial charge in [-0.15, -0.1) is 0 Å². The Bertz CT molecular complexity index is 742. The molecule has 132 valence electrons. The average molecular weight is 363 g/mol. The SMILES string of the molecule is COc1cccc(/C=C/C(=O)OCCOc2cccc(Cl)c2)c1OC. The molecule has 0 amide bonds. The molecule has 0 N–H and O–H groups in total. The minimum Gasteiger partial charge on any atom is -0.493 e. The molecule has 25 heavy (non-hydrogen) atoms. The lowest BCUT2D eigenvalue weighted by Crippen LogP contribution is -2.10. The summed E-state index contributed by atoms with van der Waals surface area (Å²) in [5.41, 5.74) is 0.717. The number of para-hydroxylation sites is 1. The Balaban J connectivity index is 1.83. The molecule has 0 heterocycles. The highest BCUT2D eigenvalue weighted by molar-refractivity contribution is 6.30. The smallest absolute Gasteiger partial charge is 0.330 e. The third-order valence-corrected chi connectivity index (χ3v) is 3.46. The summed E-state index contributed by atoms with van der Waals surface area (Å²) in [5, 5.41) is 0.588. The molecule has 2 aromatic carbocycles. The van der Waals surface area contributed by atoms with Crippen molar-refractivity contribution in [2.24, 2.45) is 0 Å². The van der Waals surface area contributed by atoms with Crippen LogP contribution >= 0.6 is 11.6 Å². The largest absolute Gasteiger partial charge is 0.493 e. The summed E-state index contributed by atoms with van der Waals surface area (Å²) in [6.45, 7) is 0.368. The van der Waals surface area contributed by atoms with Crippen molar-refractivity contribution in [2.75, 3.05) is 27.4 Å². The quantitative estimate of drug-likeness (QED) is 0.403. The molecule has 0 aromatic heterocycles. The highest BCUT2D eigenvalue weighted by Gasteiger charge is 2.07. The molecular weight excluding hydrogens is 344 g/mol. The van der Waals surface area contributed by atoms with E-state index in [1.165, 1.54) is 6.08 Å². The van der Waals surface area contributed by atoms with Gasteiger partial charge in [0.1, 0.15) is 19.0 Å². The molecule has 0 unspecified atom stereocenters. The Morgan fingerprint density at radius 3 is 2.60 bits per heavy atom. The van der Waals surface area contributed by atoms with E-state index in [-0.39, 0.29) is 13.2 Å². The van der Waals surface area contributed by atoms with Gasteiger partial charge >= 0.3 is 5.97 Å². The Hall–Kier alpha value is -2.66. The molecule has 2 aromatic rings. The molecule has 0 saturated heterocycles. The monoisotopic (exact) mass is 362 g/mol. The number of esters is 1. The molecule has 0 fully saturated rings. The lowest BCUT2D eigenvalue weighted by atomic mass is 10.1. The van der Waals surface area contributed by atoms with Gasteiger partial charge in [0, 0.05) is 16.7 Å². The van der Waals surface area contributed by atoms with Gasteiger partial charge in [0.25, 0.3) is 0 Å². The number of methoxy groups -OCH3 is 2. The van der Waals surface area contributed by atoms with Crippen LogP contribution in [0.15, 0.2) is 48.5 Å². The van der Waals surface area contributed by atoms with Crippen LogP contribution in [-0.2, 0) is 9.53 Å². The summed E-state index contributed by atoms with van der Waals surface area (Å²) in [4.78, 5) is 11.8. The molecule has 0 aliphatic carbocycles. The first-order chi connectivity index (χ1) is 12.1. The Morgan fingerprint density at radius 1 is 1.08 bits per heavy atom. The van der Waals surface area contributed by atoms with Crippen molar-refractivity contribution in [3.63, 3.8) is 0 Å². The normalized spacial score (nSPS) is 10.5. The van der Waals surface area contributed by atoms with E-state index in [1.54, 1.807) is 50.6 Å². The van der Waals surface area contributed by atoms with Gasteiger partial charge in [0.05, 0.1) is 14.2 Å². The first kappa shape index (κ1) is 18.7. The fourth-order valence-electron chi connectivity index (χ4n) is 2.11. The summed E-state index contributed by atoms with van der Waals surface area (Å²) < 4.78 is 21.0. The minimum absolute atomic E-state index is 0.130. The number of carbonyl (C=O) groups excluding carboxylic acids is 1. The second-order valence-electron chi connectivity index (χ2n) is 4.89. The molecule has 0 aliphatic rings. The predicted molar refractivity (Wildman–Crippen MR) is 96.5 cm³/mol. The van der Waals surface area contributed by atoms with Crippen molar-refractivity contribution in [1.82, 2.24) is 0 Å². The number of halogens is 1. The van der Waals surface area contributed by atoms with E-state index in [1.807, 2.05) is 12.1 Å². The van der Waals surface area contributed by atoms with Crippen LogP contribution in [0.5, 0.6) is 17.2 Å². The van der Waals surface area contributed by atoms with Gasteiger partial charge in [-0.25, -0.2) is 4.79 Å². The maximum Gasteiger partial charge on any atom is 0.330 e. The van der Waals surface area contributed by atoms with E-state index >= 15 is 0 Å². The number of benzene rings is 2. The van der Waals surface area contributed by atoms with Gasteiger partial charge in [-0.3, -0.25) is 0 Å². The standard InChI is InChI=1S/C19H19ClO5/c1-22-17-8-3-5-14(19(17)23-2)9-10-18(21)25-12-11-24-16-7-4-6-15(20)13-16/h3-10,13H,11-12H2,1-2H3/b10-9+. The van der Waals surface area contributed by atoms with Gasteiger partial charge in [-0.05, 0) is 30.3 Å². The molecule has 0 aliphatic heterocycles. The van der Waals surface area contributed by atoms with Crippen molar-refractivity contribution in [3.05, 3.63) is 59.1 Å². The lowest BCUT2D eigenvalue weighted by molar-refractivity contribution is -0.138. The first-order valence-electron chi connectivity index (χ1n) is 7.58. The molecule has 5 nitrogen and oxygen atoms in total. The summed E-state index contributed by atoms with van der Waals surface area (Å²) in [6.07, 6.45) is 2.94. The van der Waals surface area contributed by atoms with Crippen LogP contribution in [0.4, 0.5) is 0 Å². The zero-order valence-electron chi connectivity index (χ0n) is 14.0. The van der Waals surface area contributed by atoms with Gasteiger partial charge in [0.15, 0.2) is 11.5 Å². The third kappa shape index (κ3) is 5.72. The highest BCUT2D eigenvalue weighted by atomic mass is 35.5. The average Bonchev–Trinajstić information content (AvgIpc) is 2.63. The Labute approximate surface area is 151 Å². The predicted octanol–water partition coefficient (Wildman–Crippen LogP) is 3.99. The number of carbonyl (C=O) groups is 1. The van der Waals surface area contributed by atoms with E-state index in [9.17, 15) is 4.79 Å². The summed E-state index contributed by atoms with van der Waals surface area (Å²) in [7, 11) is 3.10. The molecule has 0 bridgehead atoms. The van der Waals surface area contributed by atoms with Gasteiger partial charge in [-0.1, -0.05) is 29.8 Å². The molecule has 2 rings (SSSR count). The Morgan fingerprint density at radius 2 is 1.88 bits per heavy atom. The van der Waals surface area contributed by atoms with E-state index < -0.39 is 5.97 Å². The van der Waals surface area contributed by atoms with Crippen molar-refractivity contribution >= 4 is 23.6 Å². The number of rotatable bonds is 8. The van der Waals surface area contributed by atoms with Crippen LogP contribution in [0.25, 0.3) is 6.08 Å². The Kier molecular flexibility index (Phi) is 7.16. The van der Waals surface area contributed by atoms with Crippen molar-refractivity contribution < 1.29 is 23.7 Å². The van der Waals surface area contributed by atoms with Gasteiger partial charge < -0.3 is 18.9 Å². The molecule has 0 saturated carbocycles. The molecule has 0 spiro atoms. The van der Waals surface area contributed by atoms with E-state index in [4.69, 9.17) is 30.5 Å². The topological polar surface area (TPSA) is 54.0 Å². The van der Waals surface area contributed by atoms with Crippen LogP contribution in [0.3, 0.4) is 0 Å². The molecule has 0 atom stereocenters. The minimum atomic E-state index is -0.473. The zero-order chi connectivity index (χ0) is 18.1. The van der Waals surface area contributed by atoms with Crippen LogP contribution in [0.2, 0.25) is 5.02 Å². The summed E-state index contributed by atoms with van der Waals surface area (Å²) >= 11 is 5.86. The van der Waals surface area contributed by atoms with E-state index in [2.05, 4.69) is 0 Å². The van der Waals surface area contributed by atoms with Crippen molar-refractivity contribution in [1.29, 1.82) is 0 Å². The fraction of sp³-hybridized carbons (Fsp3) is 0.211. The second kappa shape index (κ2) is 9.59. The molecular formula is C19H19ClO5. The van der Waals surface area contributed by atoms with Crippen molar-refractivity contribution in [2.45, 2.75) is 0 Å². The van der Waals surface area contributed by atoms with Gasteiger partial charge in [-0.2, -0.15) is 0 Å². The lowest BCUT2D eigenvalue weighted by Gasteiger charge is -2.09. The maximum atomic E-state index is 11.8. The van der Waals surface area contributed by atoms with Crippen molar-refractivity contribution in [3.8, 4) is 17.2 Å². The first-order valence-corrected chi connectivity index (χ1v) is 7.96. The van der Waals surface area contributed by atoms with Gasteiger partial charge in [0.2, 0.25) is 0 Å². The fourth-order valence-corrected chi connectivity index (χ4v) is 2.29. The summed E-state index contributed by atoms with van der Waals surface area (Å²) in [6, 6.07) is 12.4. The highest BCUT2D eigenvalue weighted by Crippen LogP contribution is 2.31. The van der Waals surface area contributed by atoms with E-state index in [0.29, 0.717) is 27.8 Å². The van der Waals surface area contributed by atoms with E-state index in [0.717, 1.165) is 0 Å². The zero-order valence-corrected chi connectivity index (χ0v) is 14.8. The summed E-state index contributed by atoms with van der Waals surface area (Å²) in [5.74, 6) is 1.30. The molecule has 0 radical (unpaired) electrons. The number of hydrogen-bond donors (Lipinski definition) is 0. The number of hydrogen-bond acceptors (Lipinski definition) is 5. The molecule has 6 heteroatoms. The second-order valence-corrected chi connectivity index (χ2v) is 5.33. The maximum absolute atomic E-state index is 11.8. The third-order valence-electron chi connectivity index (χ3n) is 3.22. The number of ether oxygens (including phenoxy) is 4. The van der Waals surface area contributed by atoms with Crippen LogP contribution in [-0.4, -0.2) is 33.4 Å². The van der Waals surface area contributed by atoms with Crippen LogP contribution in [0, 0.1) is 0 Å². The van der Waals surface area contributed by atoms with Crippen LogP contribution < -0.4 is 14.2 Å². The van der Waals surface area contributed by atoms with Crippen LogP contribution in [0.1, 0.15) is 5.56 Å².